The van der Waals surface area contributed by atoms with Gasteiger partial charge in [-0.15, -0.1) is 0 Å². The molecule has 0 amide bonds. The highest BCUT2D eigenvalue weighted by Gasteiger charge is 2.27. The summed E-state index contributed by atoms with van der Waals surface area (Å²) in [4.78, 5) is 13.2. The van der Waals surface area contributed by atoms with Crippen molar-refractivity contribution in [3.05, 3.63) is 0 Å². The molecule has 1 aliphatic rings. The molecule has 0 radical (unpaired) electrons. The first-order valence-corrected chi connectivity index (χ1v) is 9.42. The second-order valence-corrected chi connectivity index (χ2v) is 7.39. The quantitative estimate of drug-likeness (QED) is 0.452. The molecule has 5 N–H and O–H groups in total. The second-order valence-electron chi connectivity index (χ2n) is 7.39. The Hall–Kier alpha value is -0.690. The van der Waals surface area contributed by atoms with Crippen LogP contribution in [-0.2, 0) is 4.79 Å². The van der Waals surface area contributed by atoms with Crippen LogP contribution in [0.4, 0.5) is 0 Å². The van der Waals surface area contributed by atoms with Gasteiger partial charge in [-0.2, -0.15) is 0 Å². The van der Waals surface area contributed by atoms with Crippen LogP contribution in [0, 0.1) is 11.8 Å². The Morgan fingerprint density at radius 2 is 1.96 bits per heavy atom. The molecule has 0 aliphatic heterocycles. The van der Waals surface area contributed by atoms with Crippen molar-refractivity contribution in [3.8, 4) is 0 Å². The number of carbonyl (C=O) groups is 1. The minimum atomic E-state index is -0.978. The maximum atomic E-state index is 11.0. The van der Waals surface area contributed by atoms with E-state index in [1.165, 1.54) is 0 Å². The van der Waals surface area contributed by atoms with Crippen molar-refractivity contribution >= 4 is 5.97 Å². The molecule has 0 bridgehead atoms. The Labute approximate surface area is 146 Å². The average Bonchev–Trinajstić information content (AvgIpc) is 2.53. The highest BCUT2D eigenvalue weighted by molar-refractivity contribution is 5.72. The second kappa shape index (κ2) is 11.0. The highest BCUT2D eigenvalue weighted by atomic mass is 16.4. The number of rotatable bonds is 11. The lowest BCUT2D eigenvalue weighted by Gasteiger charge is -2.35. The maximum absolute atomic E-state index is 11.0. The standard InChI is InChI=1S/C18H36N2O4/c1-3-6-14(13(2)21)11-20(10-9-16(19)18(23)24)12-15-7-4-5-8-17(15)22/h13-17,21-22H,3-12,19H2,1-2H3,(H,23,24). The number of hydrogen-bond donors (Lipinski definition) is 4. The van der Waals surface area contributed by atoms with Crippen LogP contribution in [0.25, 0.3) is 0 Å². The Morgan fingerprint density at radius 1 is 1.29 bits per heavy atom. The molecule has 5 unspecified atom stereocenters. The summed E-state index contributed by atoms with van der Waals surface area (Å²) >= 11 is 0. The molecule has 0 aromatic rings. The van der Waals surface area contributed by atoms with Crippen molar-refractivity contribution in [1.82, 2.24) is 4.90 Å². The summed E-state index contributed by atoms with van der Waals surface area (Å²) in [5.41, 5.74) is 5.65. The Kier molecular flexibility index (Phi) is 9.81. The van der Waals surface area contributed by atoms with E-state index in [1.54, 1.807) is 0 Å². The number of aliphatic hydroxyl groups excluding tert-OH is 2. The molecule has 6 heteroatoms. The predicted octanol–water partition coefficient (Wildman–Crippen LogP) is 1.44. The zero-order chi connectivity index (χ0) is 18.1. The maximum Gasteiger partial charge on any atom is 0.320 e. The fourth-order valence-electron chi connectivity index (χ4n) is 3.62. The van der Waals surface area contributed by atoms with Crippen LogP contribution < -0.4 is 5.73 Å². The van der Waals surface area contributed by atoms with E-state index in [9.17, 15) is 15.0 Å². The molecular weight excluding hydrogens is 308 g/mol. The summed E-state index contributed by atoms with van der Waals surface area (Å²) in [7, 11) is 0. The summed E-state index contributed by atoms with van der Waals surface area (Å²) in [6.07, 6.45) is 5.74. The van der Waals surface area contributed by atoms with Crippen LogP contribution in [0.2, 0.25) is 0 Å². The van der Waals surface area contributed by atoms with Gasteiger partial charge in [-0.05, 0) is 44.4 Å². The Bertz CT molecular complexity index is 359. The van der Waals surface area contributed by atoms with Crippen LogP contribution in [0.15, 0.2) is 0 Å². The third kappa shape index (κ3) is 7.47. The topological polar surface area (TPSA) is 107 Å². The zero-order valence-electron chi connectivity index (χ0n) is 15.2. The van der Waals surface area contributed by atoms with E-state index in [2.05, 4.69) is 11.8 Å². The molecule has 1 aliphatic carbocycles. The van der Waals surface area contributed by atoms with Gasteiger partial charge in [0, 0.05) is 19.6 Å². The van der Waals surface area contributed by atoms with E-state index in [1.807, 2.05) is 6.92 Å². The SMILES string of the molecule is CCCC(CN(CCC(N)C(=O)O)CC1CCCCC1O)C(C)O. The monoisotopic (exact) mass is 344 g/mol. The lowest BCUT2D eigenvalue weighted by atomic mass is 9.85. The van der Waals surface area contributed by atoms with Gasteiger partial charge in [0.1, 0.15) is 6.04 Å². The van der Waals surface area contributed by atoms with Gasteiger partial charge in [-0.25, -0.2) is 0 Å². The van der Waals surface area contributed by atoms with Gasteiger partial charge in [-0.1, -0.05) is 26.2 Å². The third-order valence-electron chi connectivity index (χ3n) is 5.27. The number of nitrogens with zero attached hydrogens (tertiary/aromatic N) is 1. The molecule has 0 aromatic heterocycles. The van der Waals surface area contributed by atoms with Crippen molar-refractivity contribution in [1.29, 1.82) is 0 Å². The van der Waals surface area contributed by atoms with Gasteiger partial charge >= 0.3 is 5.97 Å². The number of nitrogens with two attached hydrogens (primary N) is 1. The first-order chi connectivity index (χ1) is 11.3. The highest BCUT2D eigenvalue weighted by Crippen LogP contribution is 2.26. The molecule has 1 rings (SSSR count). The number of hydrogen-bond acceptors (Lipinski definition) is 5. The minimum Gasteiger partial charge on any atom is -0.480 e. The first-order valence-electron chi connectivity index (χ1n) is 9.42. The van der Waals surface area contributed by atoms with Gasteiger partial charge in [-0.3, -0.25) is 4.79 Å². The van der Waals surface area contributed by atoms with Crippen molar-refractivity contribution in [3.63, 3.8) is 0 Å². The number of aliphatic carboxylic acids is 1. The largest absolute Gasteiger partial charge is 0.480 e. The average molecular weight is 344 g/mol. The molecule has 1 fully saturated rings. The molecule has 0 aromatic carbocycles. The zero-order valence-corrected chi connectivity index (χ0v) is 15.2. The van der Waals surface area contributed by atoms with E-state index in [-0.39, 0.29) is 17.9 Å². The summed E-state index contributed by atoms with van der Waals surface area (Å²) in [6.45, 7) is 5.98. The summed E-state index contributed by atoms with van der Waals surface area (Å²) in [6, 6.07) is -0.861. The van der Waals surface area contributed by atoms with Gasteiger partial charge in [0.25, 0.3) is 0 Å². The number of carboxylic acids is 1. The fraction of sp³-hybridized carbons (Fsp3) is 0.944. The molecule has 24 heavy (non-hydrogen) atoms. The summed E-state index contributed by atoms with van der Waals surface area (Å²) < 4.78 is 0. The Morgan fingerprint density at radius 3 is 2.50 bits per heavy atom. The minimum absolute atomic E-state index is 0.164. The molecular formula is C18H36N2O4. The Balaban J connectivity index is 2.67. The number of aliphatic hydroxyl groups is 2. The van der Waals surface area contributed by atoms with E-state index in [0.29, 0.717) is 13.0 Å². The number of carboxylic acid groups (broad SMARTS) is 1. The predicted molar refractivity (Wildman–Crippen MR) is 94.7 cm³/mol. The van der Waals surface area contributed by atoms with E-state index >= 15 is 0 Å². The molecule has 1 saturated carbocycles. The molecule has 142 valence electrons. The molecule has 0 heterocycles. The van der Waals surface area contributed by atoms with E-state index in [4.69, 9.17) is 10.8 Å². The molecule has 0 spiro atoms. The molecule has 6 nitrogen and oxygen atoms in total. The summed E-state index contributed by atoms with van der Waals surface area (Å²) in [5.74, 6) is -0.582. The van der Waals surface area contributed by atoms with Gasteiger partial charge < -0.3 is 26.0 Å². The van der Waals surface area contributed by atoms with Crippen LogP contribution >= 0.6 is 0 Å². The van der Waals surface area contributed by atoms with Crippen LogP contribution in [0.5, 0.6) is 0 Å². The normalized spacial score (nSPS) is 25.4. The van der Waals surface area contributed by atoms with Gasteiger partial charge in [0.15, 0.2) is 0 Å². The summed E-state index contributed by atoms with van der Waals surface area (Å²) in [5, 5.41) is 29.2. The van der Waals surface area contributed by atoms with Crippen molar-refractivity contribution < 1.29 is 20.1 Å². The third-order valence-corrected chi connectivity index (χ3v) is 5.27. The molecule has 5 atom stereocenters. The smallest absolute Gasteiger partial charge is 0.320 e. The van der Waals surface area contributed by atoms with Crippen molar-refractivity contribution in [2.24, 2.45) is 17.6 Å². The fourth-order valence-corrected chi connectivity index (χ4v) is 3.62. The van der Waals surface area contributed by atoms with Crippen molar-refractivity contribution in [2.75, 3.05) is 19.6 Å². The molecule has 0 saturated heterocycles. The van der Waals surface area contributed by atoms with Crippen LogP contribution in [0.3, 0.4) is 0 Å². The van der Waals surface area contributed by atoms with Crippen LogP contribution in [-0.4, -0.2) is 64.1 Å². The lowest BCUT2D eigenvalue weighted by Crippen LogP contribution is -2.43. The lowest BCUT2D eigenvalue weighted by molar-refractivity contribution is -0.138. The van der Waals surface area contributed by atoms with Crippen LogP contribution in [0.1, 0.15) is 58.8 Å². The van der Waals surface area contributed by atoms with Gasteiger partial charge in [0.2, 0.25) is 0 Å². The first kappa shape index (κ1) is 21.4. The van der Waals surface area contributed by atoms with Gasteiger partial charge in [0.05, 0.1) is 12.2 Å². The van der Waals surface area contributed by atoms with E-state index in [0.717, 1.165) is 51.6 Å². The van der Waals surface area contributed by atoms with E-state index < -0.39 is 18.1 Å². The van der Waals surface area contributed by atoms with Crippen molar-refractivity contribution in [2.45, 2.75) is 77.0 Å².